The number of carbonyl (C=O) groups excluding carboxylic acids is 1. The molecule has 0 aliphatic rings. The summed E-state index contributed by atoms with van der Waals surface area (Å²) in [7, 11) is 1.73. The van der Waals surface area contributed by atoms with Gasteiger partial charge in [0.05, 0.1) is 11.7 Å². The molecule has 0 saturated carbocycles. The normalized spacial score (nSPS) is 12.2. The van der Waals surface area contributed by atoms with Crippen LogP contribution < -0.4 is 11.1 Å². The Labute approximate surface area is 119 Å². The van der Waals surface area contributed by atoms with Crippen LogP contribution in [-0.2, 0) is 7.05 Å². The molecule has 1 atom stereocenters. The molecule has 1 heterocycles. The third kappa shape index (κ3) is 3.14. The van der Waals surface area contributed by atoms with E-state index in [9.17, 15) is 4.79 Å². The average Bonchev–Trinajstić information content (AvgIpc) is 2.69. The van der Waals surface area contributed by atoms with Crippen molar-refractivity contribution in [3.05, 3.63) is 46.2 Å². The smallest absolute Gasteiger partial charge is 0.274 e. The first-order valence-corrected chi connectivity index (χ1v) is 6.62. The monoisotopic (exact) mass is 322 g/mol. The predicted octanol–water partition coefficient (Wildman–Crippen LogP) is 2.26. The molecule has 0 aliphatic carbocycles. The summed E-state index contributed by atoms with van der Waals surface area (Å²) in [5.74, 6) is -0.270. The number of aromatic nitrogens is 2. The fraction of sp³-hybridized carbons (Fsp3) is 0.231. The van der Waals surface area contributed by atoms with Crippen LogP contribution in [0.2, 0.25) is 0 Å². The van der Waals surface area contributed by atoms with Crippen molar-refractivity contribution in [2.75, 3.05) is 5.73 Å². The number of rotatable bonds is 3. The number of carbonyl (C=O) groups is 1. The zero-order valence-electron chi connectivity index (χ0n) is 10.7. The van der Waals surface area contributed by atoms with Gasteiger partial charge >= 0.3 is 0 Å². The summed E-state index contributed by atoms with van der Waals surface area (Å²) in [4.78, 5) is 12.1. The van der Waals surface area contributed by atoms with Gasteiger partial charge in [0, 0.05) is 17.7 Å². The predicted molar refractivity (Wildman–Crippen MR) is 77.6 cm³/mol. The van der Waals surface area contributed by atoms with Gasteiger partial charge in [0.2, 0.25) is 0 Å². The molecular weight excluding hydrogens is 308 g/mol. The maximum Gasteiger partial charge on any atom is 0.274 e. The first-order valence-electron chi connectivity index (χ1n) is 5.83. The van der Waals surface area contributed by atoms with Crippen LogP contribution in [0.3, 0.4) is 0 Å². The van der Waals surface area contributed by atoms with Crippen molar-refractivity contribution < 1.29 is 4.79 Å². The first kappa shape index (κ1) is 13.6. The van der Waals surface area contributed by atoms with Gasteiger partial charge in [-0.25, -0.2) is 0 Å². The number of hydrogen-bond acceptors (Lipinski definition) is 3. The summed E-state index contributed by atoms with van der Waals surface area (Å²) >= 11 is 3.38. The molecule has 0 aliphatic heterocycles. The Balaban J connectivity index is 2.10. The fourth-order valence-corrected chi connectivity index (χ4v) is 2.05. The Morgan fingerprint density at radius 3 is 2.58 bits per heavy atom. The van der Waals surface area contributed by atoms with Crippen LogP contribution in [0, 0.1) is 0 Å². The first-order chi connectivity index (χ1) is 8.97. The van der Waals surface area contributed by atoms with Gasteiger partial charge in [-0.15, -0.1) is 0 Å². The minimum Gasteiger partial charge on any atom is -0.396 e. The van der Waals surface area contributed by atoms with Crippen molar-refractivity contribution in [1.29, 1.82) is 0 Å². The second kappa shape index (κ2) is 5.44. The minimum absolute atomic E-state index is 0.109. The van der Waals surface area contributed by atoms with Crippen LogP contribution in [0.4, 0.5) is 5.69 Å². The molecule has 0 unspecified atom stereocenters. The van der Waals surface area contributed by atoms with E-state index in [1.165, 1.54) is 4.68 Å². The Kier molecular flexibility index (Phi) is 3.90. The number of nitrogens with zero attached hydrogens (tertiary/aromatic N) is 2. The van der Waals surface area contributed by atoms with E-state index >= 15 is 0 Å². The third-order valence-electron chi connectivity index (χ3n) is 2.79. The highest BCUT2D eigenvalue weighted by Crippen LogP contribution is 2.17. The summed E-state index contributed by atoms with van der Waals surface area (Å²) in [5.41, 5.74) is 7.38. The summed E-state index contributed by atoms with van der Waals surface area (Å²) < 4.78 is 2.53. The molecule has 6 heteroatoms. The highest BCUT2D eigenvalue weighted by atomic mass is 79.9. The van der Waals surface area contributed by atoms with E-state index in [0.29, 0.717) is 5.69 Å². The van der Waals surface area contributed by atoms with Crippen molar-refractivity contribution >= 4 is 27.5 Å². The summed E-state index contributed by atoms with van der Waals surface area (Å²) in [6.45, 7) is 1.92. The lowest BCUT2D eigenvalue weighted by atomic mass is 10.1. The number of hydrogen-bond donors (Lipinski definition) is 2. The molecular formula is C13H15BrN4O. The van der Waals surface area contributed by atoms with Crippen molar-refractivity contribution in [1.82, 2.24) is 15.1 Å². The summed E-state index contributed by atoms with van der Waals surface area (Å²) in [5, 5.41) is 6.92. The number of amides is 1. The molecule has 0 fully saturated rings. The Bertz CT molecular complexity index is 591. The average molecular weight is 323 g/mol. The third-order valence-corrected chi connectivity index (χ3v) is 3.32. The number of anilines is 1. The molecule has 2 rings (SSSR count). The maximum absolute atomic E-state index is 12.1. The van der Waals surface area contributed by atoms with Gasteiger partial charge in [-0.1, -0.05) is 28.1 Å². The number of aryl methyl sites for hydroxylation is 1. The number of nitrogen functional groups attached to an aromatic ring is 1. The van der Waals surface area contributed by atoms with Crippen LogP contribution in [0.5, 0.6) is 0 Å². The van der Waals surface area contributed by atoms with Gasteiger partial charge < -0.3 is 11.1 Å². The Morgan fingerprint density at radius 2 is 2.05 bits per heavy atom. The van der Waals surface area contributed by atoms with Gasteiger partial charge in [0.25, 0.3) is 5.91 Å². The van der Waals surface area contributed by atoms with E-state index < -0.39 is 0 Å². The van der Waals surface area contributed by atoms with Crippen LogP contribution in [0.25, 0.3) is 0 Å². The standard InChI is InChI=1S/C13H15BrN4O/c1-8(9-3-5-10(14)6-4-9)16-13(19)12-11(15)7-18(2)17-12/h3-8H,15H2,1-2H3,(H,16,19)/t8-/m0/s1. The lowest BCUT2D eigenvalue weighted by molar-refractivity contribution is 0.0935. The van der Waals surface area contributed by atoms with E-state index in [1.54, 1.807) is 13.2 Å². The van der Waals surface area contributed by atoms with Crippen LogP contribution in [-0.4, -0.2) is 15.7 Å². The molecule has 1 aromatic heterocycles. The molecule has 100 valence electrons. The highest BCUT2D eigenvalue weighted by Gasteiger charge is 2.16. The molecule has 0 spiro atoms. The van der Waals surface area contributed by atoms with Crippen LogP contribution >= 0.6 is 15.9 Å². The molecule has 3 N–H and O–H groups in total. The molecule has 1 amide bonds. The maximum atomic E-state index is 12.1. The lowest BCUT2D eigenvalue weighted by Gasteiger charge is -2.13. The van der Waals surface area contributed by atoms with Gasteiger partial charge in [-0.05, 0) is 24.6 Å². The Hall–Kier alpha value is -1.82. The summed E-state index contributed by atoms with van der Waals surface area (Å²) in [6.07, 6.45) is 1.61. The van der Waals surface area contributed by atoms with E-state index in [0.717, 1.165) is 10.0 Å². The van der Waals surface area contributed by atoms with Crippen molar-refractivity contribution in [3.63, 3.8) is 0 Å². The van der Waals surface area contributed by atoms with Crippen LogP contribution in [0.15, 0.2) is 34.9 Å². The Morgan fingerprint density at radius 1 is 1.42 bits per heavy atom. The highest BCUT2D eigenvalue weighted by molar-refractivity contribution is 9.10. The number of halogens is 1. The SMILES string of the molecule is C[C@H](NC(=O)c1nn(C)cc1N)c1ccc(Br)cc1. The van der Waals surface area contributed by atoms with Gasteiger partial charge in [-0.2, -0.15) is 5.10 Å². The van der Waals surface area contributed by atoms with E-state index in [4.69, 9.17) is 5.73 Å². The molecule has 2 aromatic rings. The lowest BCUT2D eigenvalue weighted by Crippen LogP contribution is -2.27. The topological polar surface area (TPSA) is 72.9 Å². The number of nitrogens with one attached hydrogen (secondary N) is 1. The van der Waals surface area contributed by atoms with Crippen molar-refractivity contribution in [2.45, 2.75) is 13.0 Å². The van der Waals surface area contributed by atoms with Crippen LogP contribution in [0.1, 0.15) is 29.0 Å². The molecule has 5 nitrogen and oxygen atoms in total. The molecule has 19 heavy (non-hydrogen) atoms. The molecule has 0 bridgehead atoms. The van der Waals surface area contributed by atoms with Crippen molar-refractivity contribution in [3.8, 4) is 0 Å². The summed E-state index contributed by atoms with van der Waals surface area (Å²) in [6, 6.07) is 7.68. The number of nitrogens with two attached hydrogens (primary N) is 1. The number of benzene rings is 1. The van der Waals surface area contributed by atoms with E-state index in [1.807, 2.05) is 31.2 Å². The quantitative estimate of drug-likeness (QED) is 0.910. The molecule has 1 aromatic carbocycles. The minimum atomic E-state index is -0.270. The van der Waals surface area contributed by atoms with E-state index in [-0.39, 0.29) is 17.6 Å². The van der Waals surface area contributed by atoms with Gasteiger partial charge in [0.1, 0.15) is 0 Å². The van der Waals surface area contributed by atoms with E-state index in [2.05, 4.69) is 26.3 Å². The van der Waals surface area contributed by atoms with Gasteiger partial charge in [-0.3, -0.25) is 9.48 Å². The largest absolute Gasteiger partial charge is 0.396 e. The second-order valence-corrected chi connectivity index (χ2v) is 5.27. The van der Waals surface area contributed by atoms with Crippen molar-refractivity contribution in [2.24, 2.45) is 7.05 Å². The zero-order valence-corrected chi connectivity index (χ0v) is 12.3. The molecule has 0 saturated heterocycles. The van der Waals surface area contributed by atoms with Gasteiger partial charge in [0.15, 0.2) is 5.69 Å². The fourth-order valence-electron chi connectivity index (χ4n) is 1.78. The molecule has 0 radical (unpaired) electrons. The second-order valence-electron chi connectivity index (χ2n) is 4.35. The zero-order chi connectivity index (χ0) is 14.0.